The van der Waals surface area contributed by atoms with E-state index in [9.17, 15) is 0 Å². The van der Waals surface area contributed by atoms with E-state index in [2.05, 4.69) is 17.1 Å². The summed E-state index contributed by atoms with van der Waals surface area (Å²) in [6.07, 6.45) is 1.07. The van der Waals surface area contributed by atoms with Gasteiger partial charge in [-0.3, -0.25) is 0 Å². The van der Waals surface area contributed by atoms with Crippen molar-refractivity contribution < 1.29 is 0 Å². The first-order chi connectivity index (χ1) is 3.83. The molecule has 8 heavy (non-hydrogen) atoms. The fourth-order valence-electron chi connectivity index (χ4n) is 1.02. The zero-order valence-corrected chi connectivity index (χ0v) is 5.09. The first-order valence-corrected chi connectivity index (χ1v) is 2.88. The Bertz CT molecular complexity index is 91.7. The topological polar surface area (TPSA) is 39.5 Å². The first kappa shape index (κ1) is 5.69. The third-order valence-corrected chi connectivity index (χ3v) is 1.55. The van der Waals surface area contributed by atoms with Crippen molar-refractivity contribution in [2.45, 2.75) is 12.5 Å². The summed E-state index contributed by atoms with van der Waals surface area (Å²) in [5.41, 5.74) is 6.69. The Balaban J connectivity index is 2.32. The highest BCUT2D eigenvalue weighted by molar-refractivity contribution is 4.76. The van der Waals surface area contributed by atoms with E-state index < -0.39 is 0 Å². The molecule has 0 spiro atoms. The zero-order chi connectivity index (χ0) is 5.98. The Morgan fingerprint density at radius 3 is 2.75 bits per heavy atom. The second-order valence-electron chi connectivity index (χ2n) is 2.33. The van der Waals surface area contributed by atoms with Crippen molar-refractivity contribution >= 4 is 0 Å². The Hall–Kier alpha value is -0.440. The summed E-state index contributed by atoms with van der Waals surface area (Å²) in [7, 11) is 2.06. The highest BCUT2D eigenvalue weighted by Crippen LogP contribution is 2.08. The van der Waals surface area contributed by atoms with Crippen LogP contribution in [0, 0.1) is 5.53 Å². The summed E-state index contributed by atoms with van der Waals surface area (Å²) in [5, 5.41) is 3.45. The molecule has 1 fully saturated rings. The molecule has 0 bridgehead atoms. The van der Waals surface area contributed by atoms with Gasteiger partial charge in [0.1, 0.15) is 0 Å². The van der Waals surface area contributed by atoms with Gasteiger partial charge in [-0.15, -0.1) is 0 Å². The number of likely N-dealkylation sites (N-methyl/N-ethyl adjacent to an activating group) is 1. The third kappa shape index (κ3) is 1.04. The van der Waals surface area contributed by atoms with Crippen LogP contribution in [0.3, 0.4) is 0 Å². The highest BCUT2D eigenvalue weighted by atomic mass is 15.2. The van der Waals surface area contributed by atoms with Crippen LogP contribution in [0.25, 0.3) is 0 Å². The van der Waals surface area contributed by atoms with E-state index in [1.807, 2.05) is 0 Å². The molecular weight excluding hydrogens is 102 g/mol. The van der Waals surface area contributed by atoms with E-state index in [1.54, 1.807) is 0 Å². The molecule has 46 valence electrons. The normalized spacial score (nSPS) is 30.9. The molecule has 0 aromatic rings. The highest BCUT2D eigenvalue weighted by Gasteiger charge is 2.17. The summed E-state index contributed by atoms with van der Waals surface area (Å²) >= 11 is 0. The van der Waals surface area contributed by atoms with Crippen LogP contribution >= 0.6 is 0 Å². The Morgan fingerprint density at radius 2 is 2.50 bits per heavy atom. The van der Waals surface area contributed by atoms with Gasteiger partial charge in [-0.25, -0.2) is 5.53 Å². The summed E-state index contributed by atoms with van der Waals surface area (Å²) in [6, 6.07) is 0.292. The smallest absolute Gasteiger partial charge is 0.0844 e. The van der Waals surface area contributed by atoms with Crippen molar-refractivity contribution in [2.75, 3.05) is 20.1 Å². The van der Waals surface area contributed by atoms with Crippen LogP contribution in [0.5, 0.6) is 0 Å². The molecule has 1 saturated heterocycles. The lowest BCUT2D eigenvalue weighted by atomic mass is 10.3. The van der Waals surface area contributed by atoms with Crippen molar-refractivity contribution in [1.82, 2.24) is 4.90 Å². The predicted octanol–water partition coefficient (Wildman–Crippen LogP) is 0.721. The molecule has 0 amide bonds. The van der Waals surface area contributed by atoms with Crippen molar-refractivity contribution in [3.63, 3.8) is 0 Å². The molecule has 0 aromatic carbocycles. The second-order valence-corrected chi connectivity index (χ2v) is 2.33. The van der Waals surface area contributed by atoms with Crippen molar-refractivity contribution in [3.8, 4) is 0 Å². The molecule has 1 heterocycles. The number of rotatable bonds is 1. The van der Waals surface area contributed by atoms with Crippen LogP contribution in [0.4, 0.5) is 0 Å². The number of likely N-dealkylation sites (tertiary alicyclic amines) is 1. The molecule has 3 heteroatoms. The molecule has 1 aliphatic rings. The summed E-state index contributed by atoms with van der Waals surface area (Å²) in [4.78, 5) is 2.20. The van der Waals surface area contributed by atoms with Gasteiger partial charge in [0.05, 0.1) is 6.04 Å². The molecule has 1 aliphatic heterocycles. The number of hydrogen-bond donors (Lipinski definition) is 1. The maximum Gasteiger partial charge on any atom is 0.0844 e. The van der Waals surface area contributed by atoms with Crippen LogP contribution < -0.4 is 0 Å². The number of nitrogens with one attached hydrogen (secondary N) is 1. The quantitative estimate of drug-likeness (QED) is 0.500. The summed E-state index contributed by atoms with van der Waals surface area (Å²) in [6.45, 7) is 2.08. The van der Waals surface area contributed by atoms with Gasteiger partial charge in [-0.2, -0.15) is 5.11 Å². The van der Waals surface area contributed by atoms with E-state index in [4.69, 9.17) is 5.53 Å². The molecule has 0 aliphatic carbocycles. The molecule has 0 radical (unpaired) electrons. The zero-order valence-electron chi connectivity index (χ0n) is 5.09. The predicted molar refractivity (Wildman–Crippen MR) is 31.0 cm³/mol. The molecule has 1 N–H and O–H groups in total. The van der Waals surface area contributed by atoms with Gasteiger partial charge in [-0.1, -0.05) is 0 Å². The standard InChI is InChI=1S/C5H11N3/c1-8-3-2-5(4-8)7-6/h5-6H,2-4H2,1H3. The van der Waals surface area contributed by atoms with Crippen molar-refractivity contribution in [3.05, 3.63) is 0 Å². The maximum absolute atomic E-state index is 6.69. The van der Waals surface area contributed by atoms with Gasteiger partial charge in [0.25, 0.3) is 0 Å². The number of nitrogens with zero attached hydrogens (tertiary/aromatic N) is 2. The van der Waals surface area contributed by atoms with E-state index in [-0.39, 0.29) is 0 Å². The van der Waals surface area contributed by atoms with Gasteiger partial charge in [0.2, 0.25) is 0 Å². The lowest BCUT2D eigenvalue weighted by Gasteiger charge is -2.02. The van der Waals surface area contributed by atoms with Crippen molar-refractivity contribution in [2.24, 2.45) is 5.11 Å². The van der Waals surface area contributed by atoms with E-state index in [0.717, 1.165) is 19.5 Å². The van der Waals surface area contributed by atoms with Gasteiger partial charge in [0.15, 0.2) is 0 Å². The summed E-state index contributed by atoms with van der Waals surface area (Å²) in [5.74, 6) is 0. The van der Waals surface area contributed by atoms with Crippen LogP contribution in [0.1, 0.15) is 6.42 Å². The van der Waals surface area contributed by atoms with Crippen molar-refractivity contribution in [1.29, 1.82) is 5.53 Å². The average molecular weight is 113 g/mol. The minimum absolute atomic E-state index is 0.292. The van der Waals surface area contributed by atoms with E-state index >= 15 is 0 Å². The fraction of sp³-hybridized carbons (Fsp3) is 1.00. The van der Waals surface area contributed by atoms with Crippen LogP contribution in [0.2, 0.25) is 0 Å². The third-order valence-electron chi connectivity index (χ3n) is 1.55. The first-order valence-electron chi connectivity index (χ1n) is 2.88. The van der Waals surface area contributed by atoms with Crippen LogP contribution in [-0.2, 0) is 0 Å². The molecule has 0 saturated carbocycles. The van der Waals surface area contributed by atoms with Gasteiger partial charge in [0, 0.05) is 13.1 Å². The molecule has 0 aromatic heterocycles. The molecule has 1 rings (SSSR count). The molecule has 1 unspecified atom stereocenters. The Morgan fingerprint density at radius 1 is 1.75 bits per heavy atom. The van der Waals surface area contributed by atoms with E-state index in [1.165, 1.54) is 0 Å². The summed E-state index contributed by atoms with van der Waals surface area (Å²) < 4.78 is 0. The van der Waals surface area contributed by atoms with Crippen LogP contribution in [0.15, 0.2) is 5.11 Å². The second kappa shape index (κ2) is 2.22. The van der Waals surface area contributed by atoms with Gasteiger partial charge < -0.3 is 4.90 Å². The molecular formula is C5H11N3. The SMILES string of the molecule is CN1CCC(N=N)C1. The molecule has 1 atom stereocenters. The maximum atomic E-state index is 6.69. The average Bonchev–Trinajstić information content (AvgIpc) is 2.14. The Labute approximate surface area is 49.2 Å². The molecule has 3 nitrogen and oxygen atoms in total. The lowest BCUT2D eigenvalue weighted by Crippen LogP contribution is -2.14. The minimum Gasteiger partial charge on any atom is -0.304 e. The minimum atomic E-state index is 0.292. The number of hydrogen-bond acceptors (Lipinski definition) is 3. The van der Waals surface area contributed by atoms with E-state index in [0.29, 0.717) is 6.04 Å². The van der Waals surface area contributed by atoms with Crippen LogP contribution in [-0.4, -0.2) is 31.1 Å². The van der Waals surface area contributed by atoms with Gasteiger partial charge in [-0.05, 0) is 13.5 Å². The monoisotopic (exact) mass is 113 g/mol. The lowest BCUT2D eigenvalue weighted by molar-refractivity contribution is 0.409. The Kier molecular flexibility index (Phi) is 1.58. The fourth-order valence-corrected chi connectivity index (χ4v) is 1.02. The largest absolute Gasteiger partial charge is 0.304 e. The van der Waals surface area contributed by atoms with Gasteiger partial charge >= 0.3 is 0 Å².